The van der Waals surface area contributed by atoms with Gasteiger partial charge in [-0.1, -0.05) is 81.4 Å². The lowest BCUT2D eigenvalue weighted by molar-refractivity contribution is -0.355. The highest BCUT2D eigenvalue weighted by atomic mass is 28.4. The van der Waals surface area contributed by atoms with Gasteiger partial charge in [0.05, 0.1) is 26.4 Å². The van der Waals surface area contributed by atoms with Gasteiger partial charge < -0.3 is 53.6 Å². The van der Waals surface area contributed by atoms with Crippen LogP contribution in [0.15, 0.2) is 60.7 Å². The van der Waals surface area contributed by atoms with Crippen molar-refractivity contribution in [1.29, 1.82) is 0 Å². The summed E-state index contributed by atoms with van der Waals surface area (Å²) in [6.45, 7) is 10.7. The highest BCUT2D eigenvalue weighted by molar-refractivity contribution is 6.74. The van der Waals surface area contributed by atoms with Crippen LogP contribution in [0.2, 0.25) is 18.1 Å². The summed E-state index contributed by atoms with van der Waals surface area (Å²) < 4.78 is 36.1. The molecule has 2 fully saturated rings. The van der Waals surface area contributed by atoms with E-state index < -0.39 is 69.7 Å². The van der Waals surface area contributed by atoms with Crippen LogP contribution in [0.1, 0.15) is 31.9 Å². The van der Waals surface area contributed by atoms with Crippen molar-refractivity contribution in [3.05, 3.63) is 71.8 Å². The Balaban J connectivity index is 1.50. The van der Waals surface area contributed by atoms with Crippen LogP contribution in [0.3, 0.4) is 0 Å². The molecule has 2 aromatic rings. The molecule has 2 aliphatic rings. The molecule has 5 N–H and O–H groups in total. The van der Waals surface area contributed by atoms with E-state index >= 15 is 0 Å². The second-order valence-electron chi connectivity index (χ2n) is 13.0. The van der Waals surface area contributed by atoms with Crippen LogP contribution in [-0.2, 0) is 41.3 Å². The van der Waals surface area contributed by atoms with Gasteiger partial charge in [0, 0.05) is 0 Å². The smallest absolute Gasteiger partial charge is 0.192 e. The van der Waals surface area contributed by atoms with Crippen molar-refractivity contribution in [3.8, 4) is 0 Å². The lowest BCUT2D eigenvalue weighted by Gasteiger charge is -2.49. The lowest BCUT2D eigenvalue weighted by atomic mass is 9.97. The third kappa shape index (κ3) is 8.72. The van der Waals surface area contributed by atoms with Crippen molar-refractivity contribution < 1.29 is 53.6 Å². The molecule has 246 valence electrons. The number of aliphatic hydroxyl groups is 5. The van der Waals surface area contributed by atoms with Crippen molar-refractivity contribution in [2.75, 3.05) is 13.2 Å². The van der Waals surface area contributed by atoms with Gasteiger partial charge in [-0.25, -0.2) is 0 Å². The Kier molecular flexibility index (Phi) is 12.1. The van der Waals surface area contributed by atoms with Crippen molar-refractivity contribution in [1.82, 2.24) is 0 Å². The molecule has 2 saturated heterocycles. The Labute approximate surface area is 260 Å². The topological polar surface area (TPSA) is 157 Å². The Morgan fingerprint density at radius 3 is 1.64 bits per heavy atom. The fourth-order valence-electron chi connectivity index (χ4n) is 4.93. The first kappa shape index (κ1) is 35.1. The minimum atomic E-state index is -2.44. The Morgan fingerprint density at radius 1 is 0.659 bits per heavy atom. The van der Waals surface area contributed by atoms with E-state index in [0.717, 1.165) is 11.1 Å². The zero-order valence-corrected chi connectivity index (χ0v) is 27.1. The van der Waals surface area contributed by atoms with Crippen molar-refractivity contribution in [3.63, 3.8) is 0 Å². The highest BCUT2D eigenvalue weighted by Crippen LogP contribution is 2.40. The number of rotatable bonds is 12. The second kappa shape index (κ2) is 15.2. The standard InChI is InChI=1S/C32H48O11Si/c1-32(2,3)44(4,5)43-29-23(19-39-17-21-14-10-7-11-15-21)41-31(27(36)25(29)34)42-28-22(40-30(37)26(35)24(28)33)18-38-16-20-12-8-6-9-13-20/h6-15,22-31,33-37H,16-19H2,1-5H3/t22-,23-,24-,25-,26+,27+,28-,29-,30+,31-/m1/s1. The number of aliphatic hydroxyl groups excluding tert-OH is 5. The van der Waals surface area contributed by atoms with E-state index in [0.29, 0.717) is 0 Å². The van der Waals surface area contributed by atoms with Crippen molar-refractivity contribution in [2.24, 2.45) is 0 Å². The van der Waals surface area contributed by atoms with Crippen molar-refractivity contribution in [2.45, 2.75) is 114 Å². The van der Waals surface area contributed by atoms with E-state index in [4.69, 9.17) is 28.1 Å². The van der Waals surface area contributed by atoms with Crippen LogP contribution < -0.4 is 0 Å². The Bertz CT molecular complexity index is 1130. The summed E-state index contributed by atoms with van der Waals surface area (Å²) in [4.78, 5) is 0. The third-order valence-electron chi connectivity index (χ3n) is 8.62. The predicted molar refractivity (Wildman–Crippen MR) is 163 cm³/mol. The van der Waals surface area contributed by atoms with Gasteiger partial charge in [0.25, 0.3) is 0 Å². The maximum Gasteiger partial charge on any atom is 0.192 e. The summed E-state index contributed by atoms with van der Waals surface area (Å²) in [5.41, 5.74) is 1.86. The molecule has 0 aromatic heterocycles. The minimum Gasteiger partial charge on any atom is -0.408 e. The molecule has 11 nitrogen and oxygen atoms in total. The predicted octanol–water partition coefficient (Wildman–Crippen LogP) is 2.08. The molecule has 2 aliphatic heterocycles. The fourth-order valence-corrected chi connectivity index (χ4v) is 6.25. The highest BCUT2D eigenvalue weighted by Gasteiger charge is 2.53. The summed E-state index contributed by atoms with van der Waals surface area (Å²) in [5, 5.41) is 53.9. The molecule has 4 rings (SSSR count). The summed E-state index contributed by atoms with van der Waals surface area (Å²) in [6.07, 6.45) is -13.5. The summed E-state index contributed by atoms with van der Waals surface area (Å²) in [6, 6.07) is 19.0. The van der Waals surface area contributed by atoms with Crippen molar-refractivity contribution >= 4 is 8.32 Å². The Morgan fingerprint density at radius 2 is 1.14 bits per heavy atom. The van der Waals surface area contributed by atoms with E-state index in [9.17, 15) is 25.5 Å². The molecule has 0 amide bonds. The molecule has 10 atom stereocenters. The first-order valence-corrected chi connectivity index (χ1v) is 18.0. The molecular formula is C32H48O11Si. The quantitative estimate of drug-likeness (QED) is 0.218. The maximum atomic E-state index is 11.4. The van der Waals surface area contributed by atoms with Gasteiger partial charge in [-0.3, -0.25) is 0 Å². The molecule has 0 bridgehead atoms. The monoisotopic (exact) mass is 636 g/mol. The van der Waals surface area contributed by atoms with Crippen LogP contribution in [0.4, 0.5) is 0 Å². The van der Waals surface area contributed by atoms with Gasteiger partial charge in [-0.15, -0.1) is 0 Å². The van der Waals surface area contributed by atoms with Gasteiger partial charge in [-0.2, -0.15) is 0 Å². The number of benzene rings is 2. The van der Waals surface area contributed by atoms with Crippen LogP contribution in [0, 0.1) is 0 Å². The third-order valence-corrected chi connectivity index (χ3v) is 13.1. The number of hydrogen-bond acceptors (Lipinski definition) is 11. The van der Waals surface area contributed by atoms with Gasteiger partial charge in [-0.05, 0) is 29.3 Å². The molecule has 0 saturated carbocycles. The van der Waals surface area contributed by atoms with E-state index in [1.165, 1.54) is 0 Å². The second-order valence-corrected chi connectivity index (χ2v) is 17.8. The van der Waals surface area contributed by atoms with Crippen LogP contribution in [-0.4, -0.2) is 108 Å². The van der Waals surface area contributed by atoms with Gasteiger partial charge in [0.2, 0.25) is 0 Å². The van der Waals surface area contributed by atoms with E-state index in [1.807, 2.05) is 73.8 Å². The van der Waals surface area contributed by atoms with Crippen LogP contribution in [0.5, 0.6) is 0 Å². The zero-order chi connectivity index (χ0) is 32.1. The Hall–Kier alpha value is -1.78. The van der Waals surface area contributed by atoms with Crippen LogP contribution >= 0.6 is 0 Å². The fraction of sp³-hybridized carbons (Fsp3) is 0.625. The summed E-state index contributed by atoms with van der Waals surface area (Å²) >= 11 is 0. The van der Waals surface area contributed by atoms with Gasteiger partial charge in [0.1, 0.15) is 48.8 Å². The normalized spacial score (nSPS) is 33.3. The largest absolute Gasteiger partial charge is 0.408 e. The number of ether oxygens (including phenoxy) is 5. The van der Waals surface area contributed by atoms with Crippen LogP contribution in [0.25, 0.3) is 0 Å². The first-order chi connectivity index (χ1) is 20.8. The average molecular weight is 637 g/mol. The van der Waals surface area contributed by atoms with E-state index in [-0.39, 0.29) is 31.5 Å². The number of hydrogen-bond donors (Lipinski definition) is 5. The summed E-state index contributed by atoms with van der Waals surface area (Å²) in [7, 11) is -2.44. The molecule has 0 radical (unpaired) electrons. The average Bonchev–Trinajstić information content (AvgIpc) is 2.98. The molecule has 0 aliphatic carbocycles. The molecular weight excluding hydrogens is 588 g/mol. The molecule has 0 spiro atoms. The molecule has 0 unspecified atom stereocenters. The van der Waals surface area contributed by atoms with E-state index in [1.54, 1.807) is 0 Å². The summed E-state index contributed by atoms with van der Waals surface area (Å²) in [5.74, 6) is 0. The minimum absolute atomic E-state index is 0.0203. The molecule has 2 aromatic carbocycles. The maximum absolute atomic E-state index is 11.4. The lowest BCUT2D eigenvalue weighted by Crippen LogP contribution is -2.66. The van der Waals surface area contributed by atoms with Gasteiger partial charge >= 0.3 is 0 Å². The first-order valence-electron chi connectivity index (χ1n) is 15.1. The SMILES string of the molecule is CC(C)(C)[Si](C)(C)O[C@H]1[C@H](O)[C@H](O)[C@@H](O[C@H]2[C@H](O)[C@H](O)[C@@H](O)O[C@@H]2COCc2ccccc2)O[C@@H]1COCc1ccccc1. The molecule has 2 heterocycles. The molecule has 12 heteroatoms. The van der Waals surface area contributed by atoms with Gasteiger partial charge in [0.15, 0.2) is 20.9 Å². The van der Waals surface area contributed by atoms with E-state index in [2.05, 4.69) is 20.8 Å². The zero-order valence-electron chi connectivity index (χ0n) is 26.1. The molecule has 44 heavy (non-hydrogen) atoms.